The summed E-state index contributed by atoms with van der Waals surface area (Å²) in [5, 5.41) is 3.27. The van der Waals surface area contributed by atoms with Crippen LogP contribution in [0.25, 0.3) is 0 Å². The van der Waals surface area contributed by atoms with Crippen LogP contribution in [0.1, 0.15) is 58.3 Å². The summed E-state index contributed by atoms with van der Waals surface area (Å²) < 4.78 is 0. The Bertz CT molecular complexity index is 267. The molecule has 2 aliphatic carbocycles. The molecule has 98 valence electrons. The Labute approximate surface area is 105 Å². The molecule has 0 spiro atoms. The van der Waals surface area contributed by atoms with E-state index in [1.165, 1.54) is 25.7 Å². The molecule has 2 aliphatic rings. The molecule has 3 nitrogen and oxygen atoms in total. The average molecular weight is 238 g/mol. The molecule has 0 saturated heterocycles. The van der Waals surface area contributed by atoms with Crippen LogP contribution < -0.4 is 11.1 Å². The molecule has 4 atom stereocenters. The van der Waals surface area contributed by atoms with Crippen LogP contribution in [0.15, 0.2) is 0 Å². The number of amides is 1. The lowest BCUT2D eigenvalue weighted by Crippen LogP contribution is -2.47. The fourth-order valence-electron chi connectivity index (χ4n) is 3.49. The fraction of sp³-hybridized carbons (Fsp3) is 0.929. The first-order valence-electron chi connectivity index (χ1n) is 7.28. The highest BCUT2D eigenvalue weighted by atomic mass is 16.2. The molecule has 3 heteroatoms. The lowest BCUT2D eigenvalue weighted by molar-refractivity contribution is -0.126. The van der Waals surface area contributed by atoms with E-state index >= 15 is 0 Å². The molecule has 2 rings (SSSR count). The minimum Gasteiger partial charge on any atom is -0.353 e. The summed E-state index contributed by atoms with van der Waals surface area (Å²) in [6, 6.07) is 0.507. The number of carbonyl (C=O) groups excluding carboxylic acids is 1. The van der Waals surface area contributed by atoms with Crippen molar-refractivity contribution < 1.29 is 4.79 Å². The van der Waals surface area contributed by atoms with Crippen LogP contribution in [0.2, 0.25) is 0 Å². The zero-order valence-electron chi connectivity index (χ0n) is 11.0. The van der Waals surface area contributed by atoms with E-state index in [9.17, 15) is 4.79 Å². The molecule has 17 heavy (non-hydrogen) atoms. The van der Waals surface area contributed by atoms with Gasteiger partial charge in [0.15, 0.2) is 0 Å². The minimum absolute atomic E-state index is 0.0782. The van der Waals surface area contributed by atoms with Crippen LogP contribution in [-0.2, 0) is 4.79 Å². The number of hydrogen-bond acceptors (Lipinski definition) is 2. The van der Waals surface area contributed by atoms with Crippen molar-refractivity contribution in [2.75, 3.05) is 0 Å². The molecule has 0 aromatic rings. The quantitative estimate of drug-likeness (QED) is 0.792. The zero-order chi connectivity index (χ0) is 12.3. The largest absolute Gasteiger partial charge is 0.353 e. The summed E-state index contributed by atoms with van der Waals surface area (Å²) in [6.45, 7) is 2.23. The van der Waals surface area contributed by atoms with Gasteiger partial charge in [-0.05, 0) is 31.6 Å². The summed E-state index contributed by atoms with van der Waals surface area (Å²) in [6.07, 6.45) is 9.32. The van der Waals surface area contributed by atoms with Gasteiger partial charge in [-0.2, -0.15) is 0 Å². The number of hydrogen-bond donors (Lipinski definition) is 2. The first-order valence-corrected chi connectivity index (χ1v) is 7.28. The maximum atomic E-state index is 12.2. The maximum absolute atomic E-state index is 12.2. The van der Waals surface area contributed by atoms with Crippen LogP contribution in [0, 0.1) is 11.8 Å². The molecule has 0 heterocycles. The third kappa shape index (κ3) is 3.01. The van der Waals surface area contributed by atoms with Crippen molar-refractivity contribution in [1.82, 2.24) is 5.32 Å². The second-order valence-electron chi connectivity index (χ2n) is 5.77. The molecule has 0 bridgehead atoms. The number of rotatable bonds is 3. The summed E-state index contributed by atoms with van der Waals surface area (Å²) in [4.78, 5) is 12.2. The molecule has 0 radical (unpaired) electrons. The number of carbonyl (C=O) groups is 1. The van der Waals surface area contributed by atoms with Gasteiger partial charge in [-0.3, -0.25) is 4.79 Å². The molecular weight excluding hydrogens is 212 g/mol. The summed E-state index contributed by atoms with van der Waals surface area (Å²) in [7, 11) is 0. The monoisotopic (exact) mass is 238 g/mol. The topological polar surface area (TPSA) is 55.1 Å². The first-order chi connectivity index (χ1) is 8.22. The average Bonchev–Trinajstić information content (AvgIpc) is 2.76. The molecule has 0 aliphatic heterocycles. The normalized spacial score (nSPS) is 38.0. The highest BCUT2D eigenvalue weighted by Gasteiger charge is 2.33. The third-order valence-corrected chi connectivity index (χ3v) is 4.67. The highest BCUT2D eigenvalue weighted by molar-refractivity contribution is 5.80. The van der Waals surface area contributed by atoms with Crippen LogP contribution in [0.4, 0.5) is 0 Å². The Balaban J connectivity index is 1.88. The molecule has 3 N–H and O–H groups in total. The Morgan fingerprint density at radius 2 is 1.94 bits per heavy atom. The van der Waals surface area contributed by atoms with Crippen molar-refractivity contribution >= 4 is 5.91 Å². The molecule has 0 aromatic heterocycles. The van der Waals surface area contributed by atoms with E-state index in [0.29, 0.717) is 12.0 Å². The number of nitrogens with two attached hydrogens (primary N) is 1. The SMILES string of the molecule is CCC1CCCCC1NC(=O)C1CCCC1N. The zero-order valence-corrected chi connectivity index (χ0v) is 11.0. The predicted octanol–water partition coefficient (Wildman–Crippen LogP) is 2.20. The van der Waals surface area contributed by atoms with Gasteiger partial charge in [0.05, 0.1) is 5.92 Å². The van der Waals surface area contributed by atoms with Crippen molar-refractivity contribution in [1.29, 1.82) is 0 Å². The van der Waals surface area contributed by atoms with Gasteiger partial charge in [0, 0.05) is 12.1 Å². The van der Waals surface area contributed by atoms with Gasteiger partial charge in [0.2, 0.25) is 5.91 Å². The van der Waals surface area contributed by atoms with E-state index in [2.05, 4.69) is 12.2 Å². The van der Waals surface area contributed by atoms with E-state index in [1.54, 1.807) is 0 Å². The van der Waals surface area contributed by atoms with Crippen LogP contribution in [0.5, 0.6) is 0 Å². The molecule has 4 unspecified atom stereocenters. The van der Waals surface area contributed by atoms with E-state index in [-0.39, 0.29) is 17.9 Å². The molecule has 0 aromatic carbocycles. The van der Waals surface area contributed by atoms with Crippen LogP contribution in [0.3, 0.4) is 0 Å². The van der Waals surface area contributed by atoms with Crippen molar-refractivity contribution in [3.05, 3.63) is 0 Å². The standard InChI is InChI=1S/C14H26N2O/c1-2-10-6-3-4-9-13(10)16-14(17)11-7-5-8-12(11)15/h10-13H,2-9,15H2,1H3,(H,16,17). The van der Waals surface area contributed by atoms with Gasteiger partial charge < -0.3 is 11.1 Å². The summed E-state index contributed by atoms with van der Waals surface area (Å²) in [5.74, 6) is 0.986. The third-order valence-electron chi connectivity index (χ3n) is 4.67. The Morgan fingerprint density at radius 3 is 2.59 bits per heavy atom. The smallest absolute Gasteiger partial charge is 0.224 e. The van der Waals surface area contributed by atoms with E-state index in [4.69, 9.17) is 5.73 Å². The van der Waals surface area contributed by atoms with Crippen molar-refractivity contribution in [3.63, 3.8) is 0 Å². The Morgan fingerprint density at radius 1 is 1.18 bits per heavy atom. The molecule has 1 amide bonds. The lowest BCUT2D eigenvalue weighted by atomic mass is 9.82. The second-order valence-corrected chi connectivity index (χ2v) is 5.77. The summed E-state index contributed by atoms with van der Waals surface area (Å²) in [5.41, 5.74) is 5.99. The Hall–Kier alpha value is -0.570. The maximum Gasteiger partial charge on any atom is 0.224 e. The van der Waals surface area contributed by atoms with Gasteiger partial charge in [-0.15, -0.1) is 0 Å². The predicted molar refractivity (Wildman–Crippen MR) is 69.5 cm³/mol. The van der Waals surface area contributed by atoms with Crippen LogP contribution >= 0.6 is 0 Å². The van der Waals surface area contributed by atoms with Crippen molar-refractivity contribution in [2.45, 2.75) is 70.4 Å². The van der Waals surface area contributed by atoms with E-state index in [1.807, 2.05) is 0 Å². The fourth-order valence-corrected chi connectivity index (χ4v) is 3.49. The highest BCUT2D eigenvalue weighted by Crippen LogP contribution is 2.29. The van der Waals surface area contributed by atoms with E-state index < -0.39 is 0 Å². The summed E-state index contributed by atoms with van der Waals surface area (Å²) >= 11 is 0. The van der Waals surface area contributed by atoms with Crippen molar-refractivity contribution in [3.8, 4) is 0 Å². The van der Waals surface area contributed by atoms with Gasteiger partial charge in [0.25, 0.3) is 0 Å². The van der Waals surface area contributed by atoms with Crippen LogP contribution in [-0.4, -0.2) is 18.0 Å². The molecular formula is C14H26N2O. The molecule has 2 saturated carbocycles. The number of nitrogens with one attached hydrogen (secondary N) is 1. The van der Waals surface area contributed by atoms with Gasteiger partial charge in [-0.1, -0.05) is 32.6 Å². The lowest BCUT2D eigenvalue weighted by Gasteiger charge is -2.32. The first kappa shape index (κ1) is 12.9. The molecule has 2 fully saturated rings. The van der Waals surface area contributed by atoms with E-state index in [0.717, 1.165) is 25.7 Å². The van der Waals surface area contributed by atoms with Gasteiger partial charge in [-0.25, -0.2) is 0 Å². The van der Waals surface area contributed by atoms with Gasteiger partial charge in [0.1, 0.15) is 0 Å². The minimum atomic E-state index is 0.0782. The van der Waals surface area contributed by atoms with Crippen molar-refractivity contribution in [2.24, 2.45) is 17.6 Å². The Kier molecular flexibility index (Phi) is 4.43. The second kappa shape index (κ2) is 5.85. The van der Waals surface area contributed by atoms with Gasteiger partial charge >= 0.3 is 0 Å².